The van der Waals surface area contributed by atoms with Crippen molar-refractivity contribution < 1.29 is 52.0 Å². The van der Waals surface area contributed by atoms with Gasteiger partial charge in [0, 0.05) is 33.9 Å². The zero-order valence-electron chi connectivity index (χ0n) is 22.3. The second-order valence-corrected chi connectivity index (χ2v) is 12.7. The summed E-state index contributed by atoms with van der Waals surface area (Å²) < 4.78 is 38.8. The summed E-state index contributed by atoms with van der Waals surface area (Å²) in [4.78, 5) is 60.6. The second-order valence-electron chi connectivity index (χ2n) is 9.65. The molecule has 1 fully saturated rings. The van der Waals surface area contributed by atoms with Gasteiger partial charge in [0.05, 0.1) is 0 Å². The van der Waals surface area contributed by atoms with Gasteiger partial charge in [0.15, 0.2) is 23.2 Å². The van der Waals surface area contributed by atoms with Gasteiger partial charge in [0.1, 0.15) is 22.8 Å². The molecule has 2 aromatic heterocycles. The van der Waals surface area contributed by atoms with Gasteiger partial charge in [-0.2, -0.15) is 17.7 Å². The number of hydrogen-bond acceptors (Lipinski definition) is 11. The van der Waals surface area contributed by atoms with Crippen molar-refractivity contribution in [2.75, 3.05) is 17.2 Å². The third kappa shape index (κ3) is 7.39. The Labute approximate surface area is 254 Å². The first-order valence-electron chi connectivity index (χ1n) is 12.2. The molecule has 2 aliphatic rings. The lowest BCUT2D eigenvalue weighted by Gasteiger charge is -2.49. The van der Waals surface area contributed by atoms with Crippen LogP contribution in [0.25, 0.3) is 0 Å². The molecule has 0 bridgehead atoms. The lowest BCUT2D eigenvalue weighted by Crippen LogP contribution is -2.71. The van der Waals surface area contributed by atoms with Crippen molar-refractivity contribution in [3.8, 4) is 0 Å². The molecule has 0 spiro atoms. The van der Waals surface area contributed by atoms with Crippen LogP contribution in [0, 0.1) is 0 Å². The van der Waals surface area contributed by atoms with Crippen molar-refractivity contribution in [1.29, 1.82) is 0 Å². The fourth-order valence-electron chi connectivity index (χ4n) is 3.83. The van der Waals surface area contributed by atoms with Crippen molar-refractivity contribution >= 4 is 69.5 Å². The summed E-state index contributed by atoms with van der Waals surface area (Å²) in [6.07, 6.45) is -1.83. The number of pyridine rings is 1. The molecular weight excluding hydrogens is 637 g/mol. The van der Waals surface area contributed by atoms with E-state index in [1.807, 2.05) is 0 Å². The summed E-state index contributed by atoms with van der Waals surface area (Å²) in [5.74, 6) is -3.95. The van der Waals surface area contributed by atoms with E-state index in [9.17, 15) is 42.6 Å². The first-order chi connectivity index (χ1) is 20.1. The number of carboxylic acid groups (broad SMARTS) is 2. The molecule has 0 aliphatic carbocycles. The predicted octanol–water partition coefficient (Wildman–Crippen LogP) is 1.69. The highest BCUT2D eigenvalue weighted by Crippen LogP contribution is 2.41. The Balaban J connectivity index is 1.47. The summed E-state index contributed by atoms with van der Waals surface area (Å²) >= 11 is 3.41. The number of fused-ring (bicyclic) bond motifs is 1. The van der Waals surface area contributed by atoms with Gasteiger partial charge in [0.2, 0.25) is 12.1 Å². The number of nitrogens with two attached hydrogens (primary N) is 1. The molecule has 0 unspecified atom stereocenters. The molecule has 2 amide bonds. The van der Waals surface area contributed by atoms with Crippen molar-refractivity contribution in [2.24, 2.45) is 5.16 Å². The minimum absolute atomic E-state index is 0.0172. The maximum atomic E-state index is 13.2. The molecule has 0 radical (unpaired) electrons. The van der Waals surface area contributed by atoms with Gasteiger partial charge in [-0.25, -0.2) is 14.6 Å². The predicted molar refractivity (Wildman–Crippen MR) is 149 cm³/mol. The van der Waals surface area contributed by atoms with E-state index in [0.717, 1.165) is 20.8 Å². The number of nitrogen functional groups attached to an aromatic ring is 1. The summed E-state index contributed by atoms with van der Waals surface area (Å²) in [7, 11) is 0. The Morgan fingerprint density at radius 3 is 2.51 bits per heavy atom. The van der Waals surface area contributed by atoms with Crippen LogP contribution in [0.2, 0.25) is 0 Å². The summed E-state index contributed by atoms with van der Waals surface area (Å²) in [5.41, 5.74) is 3.61. The fourth-order valence-corrected chi connectivity index (χ4v) is 6.74. The number of halogens is 3. The number of thioether (sulfide) groups is 2. The van der Waals surface area contributed by atoms with Crippen molar-refractivity contribution in [3.05, 3.63) is 46.9 Å². The molecule has 13 nitrogen and oxygen atoms in total. The Kier molecular flexibility index (Phi) is 9.26. The van der Waals surface area contributed by atoms with E-state index in [2.05, 4.69) is 15.5 Å². The van der Waals surface area contributed by atoms with E-state index in [-0.39, 0.29) is 28.0 Å². The van der Waals surface area contributed by atoms with E-state index in [1.54, 1.807) is 0 Å². The van der Waals surface area contributed by atoms with Crippen molar-refractivity contribution in [2.45, 2.75) is 48.5 Å². The van der Waals surface area contributed by atoms with E-state index in [0.29, 0.717) is 10.5 Å². The van der Waals surface area contributed by atoms with Crippen LogP contribution in [-0.4, -0.2) is 84.3 Å². The molecule has 2 aromatic rings. The summed E-state index contributed by atoms with van der Waals surface area (Å²) in [6.45, 7) is 1.29. The van der Waals surface area contributed by atoms with Gasteiger partial charge in [-0.1, -0.05) is 5.16 Å². The summed E-state index contributed by atoms with van der Waals surface area (Å²) in [6, 6.07) is 1.83. The molecule has 2 atom stereocenters. The number of rotatable bonds is 11. The molecule has 2 aliphatic heterocycles. The van der Waals surface area contributed by atoms with Gasteiger partial charge < -0.3 is 26.1 Å². The number of nitrogens with one attached hydrogen (secondary N) is 1. The average molecular weight is 662 g/mol. The molecule has 19 heteroatoms. The topological polar surface area (TPSA) is 188 Å². The Morgan fingerprint density at radius 1 is 1.28 bits per heavy atom. The Morgan fingerprint density at radius 2 is 1.95 bits per heavy atom. The number of β-lactam (4-membered cyclic amide) rings is 1. The normalized spacial score (nSPS) is 19.0. The number of aliphatic carboxylic acids is 2. The van der Waals surface area contributed by atoms with Crippen LogP contribution in [0.3, 0.4) is 0 Å². The average Bonchev–Trinajstić information content (AvgIpc) is 3.35. The smallest absolute Gasteiger partial charge is 0.448 e. The van der Waals surface area contributed by atoms with E-state index in [1.165, 1.54) is 67.3 Å². The Bertz CT molecular complexity index is 1510. The number of carboxylic acids is 2. The van der Waals surface area contributed by atoms with Crippen LogP contribution in [0.4, 0.5) is 18.3 Å². The number of hydrogen-bond donors (Lipinski definition) is 4. The molecule has 4 rings (SSSR count). The van der Waals surface area contributed by atoms with Crippen LogP contribution in [0.15, 0.2) is 51.2 Å². The number of alkyl halides is 3. The highest BCUT2D eigenvalue weighted by molar-refractivity contribution is 8.01. The SMILES string of the molecule is CC(C)(O/N=C(\C(=O)N[C@@H]1C(=O)N2C(C(=O)O)=C(CSc3cc[n+](CC(F)(F)F)cc3)CS[C@H]12)c1csc(N)n1)C(=O)O. The highest BCUT2D eigenvalue weighted by atomic mass is 32.2. The number of aromatic nitrogens is 2. The quantitative estimate of drug-likeness (QED) is 0.0902. The van der Waals surface area contributed by atoms with Gasteiger partial charge in [-0.3, -0.25) is 14.5 Å². The van der Waals surface area contributed by atoms with Crippen LogP contribution in [-0.2, 0) is 30.6 Å². The number of carbonyl (C=O) groups excluding carboxylic acids is 2. The number of anilines is 1. The number of nitrogens with zero attached hydrogens (tertiary/aromatic N) is 4. The lowest BCUT2D eigenvalue weighted by molar-refractivity contribution is -0.719. The molecule has 0 aromatic carbocycles. The molecule has 43 heavy (non-hydrogen) atoms. The van der Waals surface area contributed by atoms with E-state index in [4.69, 9.17) is 10.6 Å². The first kappa shape index (κ1) is 32.1. The zero-order chi connectivity index (χ0) is 31.7. The second kappa shape index (κ2) is 12.4. The zero-order valence-corrected chi connectivity index (χ0v) is 24.8. The molecule has 5 N–H and O–H groups in total. The molecule has 4 heterocycles. The largest absolute Gasteiger partial charge is 0.478 e. The van der Waals surface area contributed by atoms with Crippen LogP contribution in [0.1, 0.15) is 19.5 Å². The fraction of sp³-hybridized carbons (Fsp3) is 0.375. The lowest BCUT2D eigenvalue weighted by atomic mass is 10.0. The Hall–Kier alpha value is -3.84. The van der Waals surface area contributed by atoms with Gasteiger partial charge in [-0.15, -0.1) is 34.9 Å². The minimum atomic E-state index is -4.37. The van der Waals surface area contributed by atoms with Crippen LogP contribution >= 0.6 is 34.9 Å². The van der Waals surface area contributed by atoms with Gasteiger partial charge in [0.25, 0.3) is 11.8 Å². The molecule has 1 saturated heterocycles. The third-order valence-electron chi connectivity index (χ3n) is 6.03. The third-order valence-corrected chi connectivity index (χ3v) is 9.14. The van der Waals surface area contributed by atoms with E-state index >= 15 is 0 Å². The van der Waals surface area contributed by atoms with E-state index < -0.39 is 59.2 Å². The number of thiazole rings is 1. The maximum Gasteiger partial charge on any atom is 0.448 e. The molecule has 0 saturated carbocycles. The maximum absolute atomic E-state index is 13.2. The first-order valence-corrected chi connectivity index (χ1v) is 15.1. The van der Waals surface area contributed by atoms with Crippen molar-refractivity contribution in [3.63, 3.8) is 0 Å². The van der Waals surface area contributed by atoms with Crippen LogP contribution < -0.4 is 15.6 Å². The number of carbonyl (C=O) groups is 4. The van der Waals surface area contributed by atoms with Gasteiger partial charge in [-0.05, 0) is 19.4 Å². The molecule has 230 valence electrons. The van der Waals surface area contributed by atoms with Crippen LogP contribution in [0.5, 0.6) is 0 Å². The standard InChI is InChI=1S/C24H23F3N6O7S3/c1-23(2,21(38)39)40-31-14(13-9-43-22(28)29-13)17(34)30-15-18(35)33-16(20(36)37)11(8-42-19(15)33)7-41-12-3-5-32(6-4-12)10-24(25,26)27/h3-6,9,15,19H,7-8,10H2,1-2H3,(H4-,28,29,30,34,36,37,38,39)/p+1/b31-14-/t15-,19-/m1/s1. The van der Waals surface area contributed by atoms with Crippen molar-refractivity contribution in [1.82, 2.24) is 15.2 Å². The summed E-state index contributed by atoms with van der Waals surface area (Å²) in [5, 5.41) is 26.1. The monoisotopic (exact) mass is 661 g/mol. The van der Waals surface area contributed by atoms with Gasteiger partial charge >= 0.3 is 18.1 Å². The number of oxime groups is 1. The highest BCUT2D eigenvalue weighted by Gasteiger charge is 2.54. The number of amides is 2. The molecular formula is C24H24F3N6O7S3+. The minimum Gasteiger partial charge on any atom is -0.478 e.